The molecule has 2 rings (SSSR count). The Balaban J connectivity index is 2.38. The lowest BCUT2D eigenvalue weighted by Crippen LogP contribution is -2.13. The second-order valence-electron chi connectivity index (χ2n) is 4.17. The van der Waals surface area contributed by atoms with Crippen LogP contribution < -0.4 is 4.72 Å². The first-order chi connectivity index (χ1) is 9.81. The summed E-state index contributed by atoms with van der Waals surface area (Å²) >= 11 is 11.5. The van der Waals surface area contributed by atoms with E-state index in [1.807, 2.05) is 0 Å². The molecule has 0 aliphatic heterocycles. The number of rotatable bonds is 4. The third kappa shape index (κ3) is 3.85. The Morgan fingerprint density at radius 1 is 1.14 bits per heavy atom. The van der Waals surface area contributed by atoms with Crippen molar-refractivity contribution >= 4 is 38.9 Å². The first-order valence-corrected chi connectivity index (χ1v) is 7.94. The van der Waals surface area contributed by atoms with Gasteiger partial charge in [0.15, 0.2) is 0 Å². The van der Waals surface area contributed by atoms with Crippen LogP contribution in [-0.2, 0) is 16.6 Å². The summed E-state index contributed by atoms with van der Waals surface area (Å²) in [5, 5.41) is 9.43. The Morgan fingerprint density at radius 2 is 1.86 bits per heavy atom. The molecule has 0 unspecified atom stereocenters. The largest absolute Gasteiger partial charge is 0.392 e. The molecule has 21 heavy (non-hydrogen) atoms. The van der Waals surface area contributed by atoms with Crippen molar-refractivity contribution in [1.29, 1.82) is 0 Å². The number of benzene rings is 2. The molecule has 0 spiro atoms. The van der Waals surface area contributed by atoms with Gasteiger partial charge in [0.05, 0.1) is 17.2 Å². The van der Waals surface area contributed by atoms with Crippen LogP contribution in [0.5, 0.6) is 0 Å². The van der Waals surface area contributed by atoms with Crippen LogP contribution in [0.3, 0.4) is 0 Å². The SMILES string of the molecule is O=S(=O)(Nc1cc(F)cc(Cl)c1)c1ccc(Cl)c(CO)c1. The van der Waals surface area contributed by atoms with Crippen molar-refractivity contribution in [2.24, 2.45) is 0 Å². The van der Waals surface area contributed by atoms with E-state index in [0.717, 1.165) is 12.1 Å². The zero-order chi connectivity index (χ0) is 15.6. The molecule has 8 heteroatoms. The first kappa shape index (κ1) is 16.0. The fraction of sp³-hybridized carbons (Fsp3) is 0.0769. The van der Waals surface area contributed by atoms with Crippen LogP contribution in [0.2, 0.25) is 10.0 Å². The summed E-state index contributed by atoms with van der Waals surface area (Å²) in [5.41, 5.74) is 0.275. The molecule has 0 bridgehead atoms. The van der Waals surface area contributed by atoms with E-state index in [4.69, 9.17) is 28.3 Å². The van der Waals surface area contributed by atoms with E-state index in [2.05, 4.69) is 4.72 Å². The van der Waals surface area contributed by atoms with Crippen LogP contribution in [-0.4, -0.2) is 13.5 Å². The average molecular weight is 350 g/mol. The highest BCUT2D eigenvalue weighted by Gasteiger charge is 2.16. The first-order valence-electron chi connectivity index (χ1n) is 5.70. The maximum atomic E-state index is 13.2. The third-order valence-electron chi connectivity index (χ3n) is 2.61. The molecule has 0 saturated carbocycles. The lowest BCUT2D eigenvalue weighted by atomic mass is 10.2. The minimum atomic E-state index is -3.94. The number of aliphatic hydroxyl groups is 1. The molecule has 0 aliphatic carbocycles. The quantitative estimate of drug-likeness (QED) is 0.888. The average Bonchev–Trinajstić information content (AvgIpc) is 2.37. The summed E-state index contributed by atoms with van der Waals surface area (Å²) in [6, 6.07) is 7.24. The summed E-state index contributed by atoms with van der Waals surface area (Å²) in [5.74, 6) is -0.660. The van der Waals surface area contributed by atoms with Gasteiger partial charge in [-0.3, -0.25) is 4.72 Å². The highest BCUT2D eigenvalue weighted by atomic mass is 35.5. The molecule has 112 valence electrons. The standard InChI is InChI=1S/C13H10Cl2FNO3S/c14-9-4-10(16)6-11(5-9)17-21(19,20)12-1-2-13(15)8(3-12)7-18/h1-6,17-18H,7H2. The topological polar surface area (TPSA) is 66.4 Å². The monoisotopic (exact) mass is 349 g/mol. The van der Waals surface area contributed by atoms with E-state index < -0.39 is 22.4 Å². The van der Waals surface area contributed by atoms with Crippen LogP contribution in [0.25, 0.3) is 0 Å². The molecule has 0 saturated heterocycles. The maximum Gasteiger partial charge on any atom is 0.261 e. The smallest absolute Gasteiger partial charge is 0.261 e. The van der Waals surface area contributed by atoms with Crippen LogP contribution >= 0.6 is 23.2 Å². The maximum absolute atomic E-state index is 13.2. The van der Waals surface area contributed by atoms with Gasteiger partial charge in [0.1, 0.15) is 5.82 Å². The molecular weight excluding hydrogens is 340 g/mol. The molecule has 0 aliphatic rings. The molecule has 4 nitrogen and oxygen atoms in total. The molecule has 2 aromatic carbocycles. The van der Waals surface area contributed by atoms with Gasteiger partial charge in [0.2, 0.25) is 0 Å². The summed E-state index contributed by atoms with van der Waals surface area (Å²) in [4.78, 5) is -0.101. The van der Waals surface area contributed by atoms with Crippen molar-refractivity contribution in [3.8, 4) is 0 Å². The lowest BCUT2D eigenvalue weighted by Gasteiger charge is -2.10. The van der Waals surface area contributed by atoms with Gasteiger partial charge in [-0.25, -0.2) is 12.8 Å². The molecule has 2 aromatic rings. The summed E-state index contributed by atoms with van der Waals surface area (Å²) in [6.45, 7) is -0.395. The van der Waals surface area contributed by atoms with Crippen molar-refractivity contribution in [1.82, 2.24) is 0 Å². The van der Waals surface area contributed by atoms with Gasteiger partial charge < -0.3 is 5.11 Å². The fourth-order valence-corrected chi connectivity index (χ4v) is 3.16. The molecule has 0 atom stereocenters. The molecule has 0 amide bonds. The number of halogens is 3. The van der Waals surface area contributed by atoms with Crippen molar-refractivity contribution < 1.29 is 17.9 Å². The van der Waals surface area contributed by atoms with E-state index in [0.29, 0.717) is 0 Å². The number of anilines is 1. The van der Waals surface area contributed by atoms with Gasteiger partial charge in [-0.15, -0.1) is 0 Å². The number of aliphatic hydroxyl groups excluding tert-OH is 1. The van der Waals surface area contributed by atoms with E-state index in [9.17, 15) is 12.8 Å². The predicted molar refractivity (Wildman–Crippen MR) is 79.6 cm³/mol. The highest BCUT2D eigenvalue weighted by molar-refractivity contribution is 7.92. The van der Waals surface area contributed by atoms with Gasteiger partial charge in [0, 0.05) is 10.0 Å². The molecule has 2 N–H and O–H groups in total. The van der Waals surface area contributed by atoms with Crippen LogP contribution in [0.15, 0.2) is 41.3 Å². The van der Waals surface area contributed by atoms with Crippen molar-refractivity contribution in [3.63, 3.8) is 0 Å². The van der Waals surface area contributed by atoms with Crippen molar-refractivity contribution in [2.45, 2.75) is 11.5 Å². The number of hydrogen-bond donors (Lipinski definition) is 2. The molecule has 0 radical (unpaired) electrons. The van der Waals surface area contributed by atoms with Gasteiger partial charge in [0.25, 0.3) is 10.0 Å². The Labute approximate surface area is 131 Å². The predicted octanol–water partition coefficient (Wildman–Crippen LogP) is 3.43. The fourth-order valence-electron chi connectivity index (χ4n) is 1.67. The summed E-state index contributed by atoms with van der Waals surface area (Å²) in [7, 11) is -3.94. The normalized spacial score (nSPS) is 11.4. The van der Waals surface area contributed by atoms with E-state index in [-0.39, 0.29) is 26.2 Å². The second-order valence-corrected chi connectivity index (χ2v) is 6.70. The highest BCUT2D eigenvalue weighted by Crippen LogP contribution is 2.24. The van der Waals surface area contributed by atoms with Gasteiger partial charge in [-0.05, 0) is 42.0 Å². The van der Waals surface area contributed by atoms with Crippen LogP contribution in [0, 0.1) is 5.82 Å². The Bertz CT molecular complexity index is 761. The Hall–Kier alpha value is -1.34. The van der Waals surface area contributed by atoms with E-state index in [1.54, 1.807) is 0 Å². The molecular formula is C13H10Cl2FNO3S. The number of hydrogen-bond acceptors (Lipinski definition) is 3. The summed E-state index contributed by atoms with van der Waals surface area (Å²) in [6.07, 6.45) is 0. The van der Waals surface area contributed by atoms with E-state index >= 15 is 0 Å². The van der Waals surface area contributed by atoms with E-state index in [1.165, 1.54) is 24.3 Å². The van der Waals surface area contributed by atoms with Crippen LogP contribution in [0.4, 0.5) is 10.1 Å². The Morgan fingerprint density at radius 3 is 2.48 bits per heavy atom. The molecule has 0 aromatic heterocycles. The van der Waals surface area contributed by atoms with Gasteiger partial charge in [-0.1, -0.05) is 23.2 Å². The molecule has 0 heterocycles. The van der Waals surface area contributed by atoms with Gasteiger partial charge in [-0.2, -0.15) is 0 Å². The Kier molecular flexibility index (Phi) is 4.73. The van der Waals surface area contributed by atoms with Crippen LogP contribution in [0.1, 0.15) is 5.56 Å². The van der Waals surface area contributed by atoms with Gasteiger partial charge >= 0.3 is 0 Å². The minimum Gasteiger partial charge on any atom is -0.392 e. The zero-order valence-electron chi connectivity index (χ0n) is 10.5. The third-order valence-corrected chi connectivity index (χ3v) is 4.58. The number of nitrogens with one attached hydrogen (secondary N) is 1. The summed E-state index contributed by atoms with van der Waals surface area (Å²) < 4.78 is 39.8. The van der Waals surface area contributed by atoms with Crippen molar-refractivity contribution in [3.05, 3.63) is 57.8 Å². The zero-order valence-corrected chi connectivity index (χ0v) is 12.8. The second kappa shape index (κ2) is 6.19. The lowest BCUT2D eigenvalue weighted by molar-refractivity contribution is 0.281. The molecule has 0 fully saturated rings. The minimum absolute atomic E-state index is 0.000462. The van der Waals surface area contributed by atoms with Crippen molar-refractivity contribution in [2.75, 3.05) is 4.72 Å². The number of sulfonamides is 1.